The van der Waals surface area contributed by atoms with Gasteiger partial charge in [0.2, 0.25) is 0 Å². The van der Waals surface area contributed by atoms with Gasteiger partial charge in [0.25, 0.3) is 5.91 Å². The minimum Gasteiger partial charge on any atom is -0.391 e. The summed E-state index contributed by atoms with van der Waals surface area (Å²) in [4.78, 5) is 17.8. The Labute approximate surface area is 112 Å². The number of carbonyl (C=O) groups is 1. The van der Waals surface area contributed by atoms with Crippen LogP contribution >= 0.6 is 11.6 Å². The Morgan fingerprint density at radius 3 is 2.89 bits per heavy atom. The van der Waals surface area contributed by atoms with Gasteiger partial charge in [-0.25, -0.2) is 0 Å². The molecule has 1 aliphatic rings. The predicted octanol–water partition coefficient (Wildman–Crippen LogP) is 2.11. The highest BCUT2D eigenvalue weighted by atomic mass is 35.5. The fraction of sp³-hybridized carbons (Fsp3) is 0.538. The van der Waals surface area contributed by atoms with Crippen molar-refractivity contribution >= 4 is 17.5 Å². The third-order valence-corrected chi connectivity index (χ3v) is 3.84. The standard InChI is InChI=1S/C13H17ClN2O2/c1-16(11-4-2-3-5-12(11)17)13(18)9-8-15-7-6-10(9)14/h6-8,11-12,17H,2-5H2,1H3. The summed E-state index contributed by atoms with van der Waals surface area (Å²) in [5.41, 5.74) is 0.388. The maximum Gasteiger partial charge on any atom is 0.257 e. The van der Waals surface area contributed by atoms with Crippen LogP contribution in [0.4, 0.5) is 0 Å². The van der Waals surface area contributed by atoms with Gasteiger partial charge < -0.3 is 10.0 Å². The molecule has 1 aromatic heterocycles. The van der Waals surface area contributed by atoms with Crippen LogP contribution in [-0.2, 0) is 0 Å². The Morgan fingerprint density at radius 2 is 2.22 bits per heavy atom. The number of halogens is 1. The SMILES string of the molecule is CN(C(=O)c1cnccc1Cl)C1CCCCC1O. The molecular formula is C13H17ClN2O2. The Hall–Kier alpha value is -1.13. The highest BCUT2D eigenvalue weighted by Crippen LogP contribution is 2.24. The van der Waals surface area contributed by atoms with Crippen molar-refractivity contribution in [3.63, 3.8) is 0 Å². The van der Waals surface area contributed by atoms with Crippen LogP contribution in [0.3, 0.4) is 0 Å². The number of amides is 1. The highest BCUT2D eigenvalue weighted by molar-refractivity contribution is 6.33. The molecular weight excluding hydrogens is 252 g/mol. The van der Waals surface area contributed by atoms with Gasteiger partial charge in [0, 0.05) is 19.4 Å². The quantitative estimate of drug-likeness (QED) is 0.894. The summed E-state index contributed by atoms with van der Waals surface area (Å²) < 4.78 is 0. The van der Waals surface area contributed by atoms with E-state index in [2.05, 4.69) is 4.98 Å². The summed E-state index contributed by atoms with van der Waals surface area (Å²) in [5.74, 6) is -0.181. The number of nitrogens with zero attached hydrogens (tertiary/aromatic N) is 2. The Morgan fingerprint density at radius 1 is 1.50 bits per heavy atom. The van der Waals surface area contributed by atoms with Crippen LogP contribution in [0.15, 0.2) is 18.5 Å². The highest BCUT2D eigenvalue weighted by Gasteiger charge is 2.30. The van der Waals surface area contributed by atoms with Gasteiger partial charge in [-0.15, -0.1) is 0 Å². The molecule has 0 radical (unpaired) electrons. The van der Waals surface area contributed by atoms with Crippen molar-refractivity contribution in [1.29, 1.82) is 0 Å². The molecule has 0 bridgehead atoms. The zero-order chi connectivity index (χ0) is 13.1. The second kappa shape index (κ2) is 5.67. The summed E-state index contributed by atoms with van der Waals surface area (Å²) in [6, 6.07) is 1.47. The fourth-order valence-corrected chi connectivity index (χ4v) is 2.60. The average molecular weight is 269 g/mol. The van der Waals surface area contributed by atoms with E-state index in [4.69, 9.17) is 11.6 Å². The number of aliphatic hydroxyl groups is 1. The Balaban J connectivity index is 2.16. The molecule has 18 heavy (non-hydrogen) atoms. The van der Waals surface area contributed by atoms with Gasteiger partial charge in [-0.3, -0.25) is 9.78 Å². The van der Waals surface area contributed by atoms with E-state index in [9.17, 15) is 9.90 Å². The normalized spacial score (nSPS) is 23.7. The first-order chi connectivity index (χ1) is 8.61. The van der Waals surface area contributed by atoms with Crippen molar-refractivity contribution in [2.75, 3.05) is 7.05 Å². The van der Waals surface area contributed by atoms with Crippen LogP contribution in [0.5, 0.6) is 0 Å². The largest absolute Gasteiger partial charge is 0.391 e. The molecule has 0 aromatic carbocycles. The summed E-state index contributed by atoms with van der Waals surface area (Å²) in [5, 5.41) is 10.4. The van der Waals surface area contributed by atoms with E-state index in [1.807, 2.05) is 0 Å². The van der Waals surface area contributed by atoms with Gasteiger partial charge in [-0.1, -0.05) is 24.4 Å². The molecule has 1 N–H and O–H groups in total. The fourth-order valence-electron chi connectivity index (χ4n) is 2.42. The van der Waals surface area contributed by atoms with Crippen LogP contribution in [0.2, 0.25) is 5.02 Å². The molecule has 98 valence electrons. The third kappa shape index (κ3) is 2.65. The molecule has 0 saturated heterocycles. The molecule has 0 spiro atoms. The maximum absolute atomic E-state index is 12.3. The molecule has 5 heteroatoms. The molecule has 1 saturated carbocycles. The second-order valence-electron chi connectivity index (χ2n) is 4.69. The first-order valence-electron chi connectivity index (χ1n) is 6.16. The number of aliphatic hydroxyl groups excluding tert-OH is 1. The maximum atomic E-state index is 12.3. The Bertz CT molecular complexity index is 439. The van der Waals surface area contributed by atoms with Crippen molar-refractivity contribution in [2.45, 2.75) is 37.8 Å². The van der Waals surface area contributed by atoms with Crippen molar-refractivity contribution in [3.05, 3.63) is 29.0 Å². The molecule has 2 unspecified atom stereocenters. The van der Waals surface area contributed by atoms with Gasteiger partial charge in [-0.05, 0) is 18.9 Å². The summed E-state index contributed by atoms with van der Waals surface area (Å²) in [7, 11) is 1.71. The lowest BCUT2D eigenvalue weighted by Crippen LogP contribution is -2.46. The van der Waals surface area contributed by atoms with Crippen LogP contribution in [0.1, 0.15) is 36.0 Å². The molecule has 1 fully saturated rings. The molecule has 1 aliphatic carbocycles. The molecule has 1 heterocycles. The number of pyridine rings is 1. The monoisotopic (exact) mass is 268 g/mol. The number of hydrogen-bond donors (Lipinski definition) is 1. The molecule has 2 atom stereocenters. The van der Waals surface area contributed by atoms with Gasteiger partial charge >= 0.3 is 0 Å². The lowest BCUT2D eigenvalue weighted by atomic mass is 9.91. The third-order valence-electron chi connectivity index (χ3n) is 3.51. The van der Waals surface area contributed by atoms with Crippen molar-refractivity contribution in [2.24, 2.45) is 0 Å². The van der Waals surface area contributed by atoms with Crippen LogP contribution < -0.4 is 0 Å². The van der Waals surface area contributed by atoms with Crippen LogP contribution in [-0.4, -0.2) is 40.1 Å². The number of hydrogen-bond acceptors (Lipinski definition) is 3. The van der Waals surface area contributed by atoms with Crippen molar-refractivity contribution in [3.8, 4) is 0 Å². The zero-order valence-electron chi connectivity index (χ0n) is 10.3. The van der Waals surface area contributed by atoms with E-state index in [1.54, 1.807) is 24.2 Å². The smallest absolute Gasteiger partial charge is 0.257 e. The van der Waals surface area contributed by atoms with E-state index < -0.39 is 6.10 Å². The number of rotatable bonds is 2. The van der Waals surface area contributed by atoms with Gasteiger partial charge in [0.15, 0.2) is 0 Å². The summed E-state index contributed by atoms with van der Waals surface area (Å²) >= 11 is 5.99. The summed E-state index contributed by atoms with van der Waals surface area (Å²) in [6.07, 6.45) is 6.23. The lowest BCUT2D eigenvalue weighted by molar-refractivity contribution is 0.0268. The molecule has 0 aliphatic heterocycles. The van der Waals surface area contributed by atoms with E-state index >= 15 is 0 Å². The minimum absolute atomic E-state index is 0.123. The molecule has 1 amide bonds. The number of likely N-dealkylation sites (N-methyl/N-ethyl adjacent to an activating group) is 1. The number of carbonyl (C=O) groups excluding carboxylic acids is 1. The van der Waals surface area contributed by atoms with E-state index in [-0.39, 0.29) is 11.9 Å². The van der Waals surface area contributed by atoms with Crippen molar-refractivity contribution in [1.82, 2.24) is 9.88 Å². The zero-order valence-corrected chi connectivity index (χ0v) is 11.1. The van der Waals surface area contributed by atoms with Crippen LogP contribution in [0.25, 0.3) is 0 Å². The van der Waals surface area contributed by atoms with E-state index in [0.29, 0.717) is 10.6 Å². The van der Waals surface area contributed by atoms with Gasteiger partial charge in [-0.2, -0.15) is 0 Å². The average Bonchev–Trinajstić information content (AvgIpc) is 2.38. The minimum atomic E-state index is -0.442. The first kappa shape index (κ1) is 13.3. The van der Waals surface area contributed by atoms with Crippen molar-refractivity contribution < 1.29 is 9.90 Å². The molecule has 1 aromatic rings. The first-order valence-corrected chi connectivity index (χ1v) is 6.54. The number of aromatic nitrogens is 1. The van der Waals surface area contributed by atoms with E-state index in [0.717, 1.165) is 25.7 Å². The summed E-state index contributed by atoms with van der Waals surface area (Å²) in [6.45, 7) is 0. The van der Waals surface area contributed by atoms with Crippen LogP contribution in [0, 0.1) is 0 Å². The van der Waals surface area contributed by atoms with Gasteiger partial charge in [0.1, 0.15) is 0 Å². The van der Waals surface area contributed by atoms with Gasteiger partial charge in [0.05, 0.1) is 22.7 Å². The molecule has 2 rings (SSSR count). The molecule has 4 nitrogen and oxygen atoms in total. The topological polar surface area (TPSA) is 53.4 Å². The predicted molar refractivity (Wildman–Crippen MR) is 69.6 cm³/mol. The van der Waals surface area contributed by atoms with E-state index in [1.165, 1.54) is 6.20 Å². The Kier molecular flexibility index (Phi) is 4.19. The second-order valence-corrected chi connectivity index (χ2v) is 5.10. The lowest BCUT2D eigenvalue weighted by Gasteiger charge is -2.35.